The van der Waals surface area contributed by atoms with E-state index in [9.17, 15) is 4.79 Å². The van der Waals surface area contributed by atoms with Crippen LogP contribution in [0.5, 0.6) is 0 Å². The van der Waals surface area contributed by atoms with Crippen LogP contribution in [0.25, 0.3) is 22.5 Å². The molecule has 1 amide bonds. The first-order chi connectivity index (χ1) is 24.4. The molecule has 3 N–H and O–H groups in total. The van der Waals surface area contributed by atoms with Crippen molar-refractivity contribution in [3.63, 3.8) is 0 Å². The predicted octanol–water partition coefficient (Wildman–Crippen LogP) is 7.85. The lowest BCUT2D eigenvalue weighted by molar-refractivity contribution is 0.0126. The fourth-order valence-corrected chi connectivity index (χ4v) is 9.04. The van der Waals surface area contributed by atoms with E-state index < -0.39 is 5.60 Å². The number of nitrogens with zero attached hydrogens (tertiary/aromatic N) is 3. The van der Waals surface area contributed by atoms with Crippen molar-refractivity contribution in [2.75, 3.05) is 0 Å². The first kappa shape index (κ1) is 32.3. The van der Waals surface area contributed by atoms with Crippen LogP contribution in [0, 0.1) is 35.5 Å². The highest BCUT2D eigenvalue weighted by atomic mass is 16.6. The molecule has 51 heavy (non-hydrogen) atoms. The summed E-state index contributed by atoms with van der Waals surface area (Å²) in [6.45, 7) is 18.9. The number of imidazole rings is 2. The molecule has 0 spiro atoms. The summed E-state index contributed by atoms with van der Waals surface area (Å²) in [6.07, 6.45) is 3.43. The van der Waals surface area contributed by atoms with Gasteiger partial charge < -0.3 is 20.0 Å². The minimum absolute atomic E-state index is 0.131. The second-order valence-corrected chi connectivity index (χ2v) is 16.7. The van der Waals surface area contributed by atoms with Gasteiger partial charge in [-0.15, -0.1) is 0 Å². The second-order valence-electron chi connectivity index (χ2n) is 16.7. The number of fused-ring (bicyclic) bond motifs is 7. The summed E-state index contributed by atoms with van der Waals surface area (Å²) in [6, 6.07) is 13.6. The van der Waals surface area contributed by atoms with Gasteiger partial charge in [-0.1, -0.05) is 51.3 Å². The number of aromatic amines is 2. The number of H-pyrrole nitrogens is 2. The van der Waals surface area contributed by atoms with Gasteiger partial charge >= 0.3 is 6.09 Å². The van der Waals surface area contributed by atoms with Gasteiger partial charge in [0.2, 0.25) is 0 Å². The number of rotatable bonds is 4. The monoisotopic (exact) mass is 680 g/mol. The van der Waals surface area contributed by atoms with E-state index in [2.05, 4.69) is 97.8 Å². The number of benzene rings is 2. The molecule has 1 aliphatic heterocycles. The Morgan fingerprint density at radius 3 is 2.02 bits per heavy atom. The Morgan fingerprint density at radius 1 is 0.882 bits per heavy atom. The van der Waals surface area contributed by atoms with Crippen LogP contribution in [0.4, 0.5) is 4.79 Å². The highest BCUT2D eigenvalue weighted by Gasteiger charge is 2.56. The number of aryl methyl sites for hydroxylation is 4. The number of amides is 1. The van der Waals surface area contributed by atoms with E-state index in [1.54, 1.807) is 0 Å². The van der Waals surface area contributed by atoms with Gasteiger partial charge in [-0.2, -0.15) is 0 Å². The molecule has 1 saturated heterocycles. The Kier molecular flexibility index (Phi) is 7.25. The number of carbonyl (C=O) groups excluding carboxylic acids is 1. The SMILES string of the molecule is C=C1C(c2nc3c([nH]2)CCc2cc(C#Cc4ccc5c(c4)CCc4[nH]c(C(C)N(C(=O)OC(C)(C)C)C6C(C)C6C)nc4-5)ccc2-3)NC2C(C)C12. The molecule has 3 fully saturated rings. The van der Waals surface area contributed by atoms with Crippen molar-refractivity contribution in [1.29, 1.82) is 0 Å². The molecule has 4 aliphatic carbocycles. The number of aromatic nitrogens is 4. The maximum absolute atomic E-state index is 13.4. The number of ether oxygens (including phenoxy) is 1. The summed E-state index contributed by atoms with van der Waals surface area (Å²) in [5.41, 5.74) is 12.1. The Labute approximate surface area is 300 Å². The molecule has 7 unspecified atom stereocenters. The van der Waals surface area contributed by atoms with Crippen molar-refractivity contribution >= 4 is 6.09 Å². The summed E-state index contributed by atoms with van der Waals surface area (Å²) in [5, 5.41) is 3.74. The normalized spacial score (nSPS) is 27.2. The number of piperidine rings is 1. The van der Waals surface area contributed by atoms with Gasteiger partial charge in [-0.3, -0.25) is 4.90 Å². The van der Waals surface area contributed by atoms with Crippen LogP contribution in [0.1, 0.15) is 106 Å². The molecule has 2 saturated carbocycles. The Balaban J connectivity index is 0.927. The lowest BCUT2D eigenvalue weighted by Crippen LogP contribution is -2.41. The van der Waals surface area contributed by atoms with E-state index in [-0.39, 0.29) is 24.2 Å². The van der Waals surface area contributed by atoms with Gasteiger partial charge in [-0.05, 0) is 112 Å². The minimum Gasteiger partial charge on any atom is -0.444 e. The highest BCUT2D eigenvalue weighted by Crippen LogP contribution is 2.54. The lowest BCUT2D eigenvalue weighted by Gasteiger charge is -2.31. The third-order valence-electron chi connectivity index (χ3n) is 12.3. The van der Waals surface area contributed by atoms with E-state index >= 15 is 0 Å². The van der Waals surface area contributed by atoms with Gasteiger partial charge in [0.25, 0.3) is 0 Å². The Hall–Kier alpha value is -4.61. The van der Waals surface area contributed by atoms with E-state index in [0.29, 0.717) is 29.7 Å². The second kappa shape index (κ2) is 11.4. The molecule has 262 valence electrons. The van der Waals surface area contributed by atoms with Crippen molar-refractivity contribution in [3.05, 3.63) is 93.8 Å². The maximum Gasteiger partial charge on any atom is 0.411 e. The molecule has 8 nitrogen and oxygen atoms in total. The highest BCUT2D eigenvalue weighted by molar-refractivity contribution is 5.73. The van der Waals surface area contributed by atoms with Crippen molar-refractivity contribution in [1.82, 2.24) is 30.2 Å². The summed E-state index contributed by atoms with van der Waals surface area (Å²) in [5.74, 6) is 10.8. The average molecular weight is 681 g/mol. The van der Waals surface area contributed by atoms with Crippen LogP contribution in [0.2, 0.25) is 0 Å². The molecule has 9 rings (SSSR count). The van der Waals surface area contributed by atoms with E-state index in [1.807, 2.05) is 25.7 Å². The summed E-state index contributed by atoms with van der Waals surface area (Å²) < 4.78 is 5.86. The number of carbonyl (C=O) groups is 1. The van der Waals surface area contributed by atoms with Gasteiger partial charge in [0.1, 0.15) is 17.2 Å². The van der Waals surface area contributed by atoms with E-state index in [4.69, 9.17) is 14.7 Å². The van der Waals surface area contributed by atoms with Crippen molar-refractivity contribution in [2.45, 2.75) is 104 Å². The molecule has 7 atom stereocenters. The van der Waals surface area contributed by atoms with Crippen LogP contribution < -0.4 is 5.32 Å². The Morgan fingerprint density at radius 2 is 1.47 bits per heavy atom. The molecule has 3 heterocycles. The van der Waals surface area contributed by atoms with Crippen LogP contribution in [0.15, 0.2) is 48.6 Å². The minimum atomic E-state index is -0.560. The fraction of sp³-hybridized carbons (Fsp3) is 0.465. The van der Waals surface area contributed by atoms with Crippen LogP contribution in [-0.4, -0.2) is 48.6 Å². The van der Waals surface area contributed by atoms with Gasteiger partial charge in [-0.25, -0.2) is 14.8 Å². The summed E-state index contributed by atoms with van der Waals surface area (Å²) >= 11 is 0. The largest absolute Gasteiger partial charge is 0.444 e. The molecule has 0 bridgehead atoms. The van der Waals surface area contributed by atoms with Crippen molar-refractivity contribution in [3.8, 4) is 34.4 Å². The average Bonchev–Trinajstić information content (AvgIpc) is 3.59. The molecule has 8 heteroatoms. The molecular weight excluding hydrogens is 633 g/mol. The third kappa shape index (κ3) is 5.44. The maximum atomic E-state index is 13.4. The van der Waals surface area contributed by atoms with Crippen molar-refractivity contribution in [2.24, 2.45) is 23.7 Å². The topological polar surface area (TPSA) is 98.9 Å². The number of hydrogen-bond acceptors (Lipinski definition) is 5. The van der Waals surface area contributed by atoms with Crippen molar-refractivity contribution < 1.29 is 9.53 Å². The van der Waals surface area contributed by atoms with Crippen LogP contribution in [-0.2, 0) is 30.4 Å². The first-order valence-electron chi connectivity index (χ1n) is 18.8. The van der Waals surface area contributed by atoms with Crippen LogP contribution in [0.3, 0.4) is 0 Å². The van der Waals surface area contributed by atoms with Gasteiger partial charge in [0.15, 0.2) is 0 Å². The quantitative estimate of drug-likeness (QED) is 0.151. The zero-order valence-electron chi connectivity index (χ0n) is 30.8. The number of nitrogens with one attached hydrogen (secondary N) is 3. The molecule has 2 aromatic carbocycles. The number of hydrogen-bond donors (Lipinski definition) is 3. The molecular formula is C43H48N6O2. The standard InChI is InChI=1S/C43H48N6O2/c1-21-22(2)39(21)49(42(50)51-43(6,7)8)25(5)40-44-32-17-13-28-19-26(11-15-30(28)37(32)47-40)9-10-27-12-16-31-29(20-27)14-18-33-38(31)48-41(45-33)36-24(4)34-23(3)35(34)46-36/h11-12,15-16,19-23,25,34-36,39,46H,4,13-14,17-18H2,1-3,5-8H3,(H,44,47)(H,45,48). The predicted molar refractivity (Wildman–Crippen MR) is 199 cm³/mol. The van der Waals surface area contributed by atoms with Gasteiger partial charge in [0.05, 0.1) is 23.5 Å². The molecule has 5 aliphatic rings. The molecule has 2 aromatic heterocycles. The third-order valence-corrected chi connectivity index (χ3v) is 12.3. The smallest absolute Gasteiger partial charge is 0.411 e. The van der Waals surface area contributed by atoms with E-state index in [1.165, 1.54) is 28.0 Å². The summed E-state index contributed by atoms with van der Waals surface area (Å²) in [4.78, 5) is 32.8. The van der Waals surface area contributed by atoms with E-state index in [0.717, 1.165) is 71.1 Å². The van der Waals surface area contributed by atoms with Crippen LogP contribution >= 0.6 is 0 Å². The Bertz CT molecular complexity index is 2170. The lowest BCUT2D eigenvalue weighted by atomic mass is 9.90. The zero-order chi connectivity index (χ0) is 35.5. The fourth-order valence-electron chi connectivity index (χ4n) is 9.04. The van der Waals surface area contributed by atoms with Gasteiger partial charge in [0, 0.05) is 51.6 Å². The molecule has 4 aromatic rings. The zero-order valence-corrected chi connectivity index (χ0v) is 30.8. The molecule has 0 radical (unpaired) electrons. The summed E-state index contributed by atoms with van der Waals surface area (Å²) in [7, 11) is 0. The first-order valence-corrected chi connectivity index (χ1v) is 18.8.